The number of nitrogens with zero attached hydrogens (tertiary/aromatic N) is 2. The van der Waals surface area contributed by atoms with Gasteiger partial charge in [-0.3, -0.25) is 14.9 Å². The molecule has 0 radical (unpaired) electrons. The first-order valence-corrected chi connectivity index (χ1v) is 6.64. The number of nitrogens with one attached hydrogen (secondary N) is 1. The van der Waals surface area contributed by atoms with Crippen LogP contribution in [0.1, 0.15) is 10.4 Å². The Morgan fingerprint density at radius 3 is 2.76 bits per heavy atom. The monoisotopic (exact) mass is 299 g/mol. The second-order valence-corrected chi connectivity index (χ2v) is 5.01. The zero-order valence-corrected chi connectivity index (χ0v) is 11.5. The minimum atomic E-state index is -0.481. The number of thiophene rings is 1. The van der Waals surface area contributed by atoms with E-state index < -0.39 is 10.8 Å². The third-order valence-electron chi connectivity index (χ3n) is 2.50. The van der Waals surface area contributed by atoms with Crippen LogP contribution in [0.25, 0.3) is 6.08 Å². The molecule has 0 fully saturated rings. The molecule has 1 N–H and O–H groups in total. The molecule has 1 amide bonds. The molecule has 0 aliphatic rings. The van der Waals surface area contributed by atoms with Gasteiger partial charge in [-0.15, -0.1) is 0 Å². The highest BCUT2D eigenvalue weighted by Gasteiger charge is 2.08. The van der Waals surface area contributed by atoms with Crippen molar-refractivity contribution in [3.8, 4) is 6.07 Å². The molecule has 21 heavy (non-hydrogen) atoms. The van der Waals surface area contributed by atoms with E-state index in [-0.39, 0.29) is 5.00 Å². The Bertz CT molecular complexity index is 759. The number of carbonyl (C=O) groups is 1. The molecule has 0 saturated carbocycles. The summed E-state index contributed by atoms with van der Waals surface area (Å²) in [5.74, 6) is -0.409. The van der Waals surface area contributed by atoms with Gasteiger partial charge >= 0.3 is 5.00 Å². The minimum Gasteiger partial charge on any atom is -0.321 e. The van der Waals surface area contributed by atoms with Gasteiger partial charge in [0.15, 0.2) is 0 Å². The van der Waals surface area contributed by atoms with Crippen LogP contribution in [-0.4, -0.2) is 10.8 Å². The lowest BCUT2D eigenvalue weighted by Gasteiger charge is -2.03. The van der Waals surface area contributed by atoms with Crippen molar-refractivity contribution >= 4 is 34.0 Å². The summed E-state index contributed by atoms with van der Waals surface area (Å²) in [6, 6.07) is 11.6. The Kier molecular flexibility index (Phi) is 4.43. The number of benzene rings is 1. The lowest BCUT2D eigenvalue weighted by molar-refractivity contribution is -0.380. The molecule has 0 unspecified atom stereocenters. The van der Waals surface area contributed by atoms with Crippen molar-refractivity contribution in [3.05, 3.63) is 63.0 Å². The molecule has 0 bridgehead atoms. The molecule has 0 saturated heterocycles. The summed E-state index contributed by atoms with van der Waals surface area (Å²) < 4.78 is 0. The normalized spacial score (nSPS) is 10.2. The average Bonchev–Trinajstić information content (AvgIpc) is 2.95. The van der Waals surface area contributed by atoms with Crippen LogP contribution in [0.2, 0.25) is 0 Å². The molecule has 1 aromatic carbocycles. The van der Waals surface area contributed by atoms with Gasteiger partial charge in [0.2, 0.25) is 5.91 Å². The molecule has 2 aromatic rings. The predicted molar refractivity (Wildman–Crippen MR) is 79.8 cm³/mol. The van der Waals surface area contributed by atoms with E-state index in [1.807, 2.05) is 6.07 Å². The van der Waals surface area contributed by atoms with Crippen LogP contribution in [0.15, 0.2) is 42.5 Å². The van der Waals surface area contributed by atoms with Gasteiger partial charge in [0, 0.05) is 17.0 Å². The highest BCUT2D eigenvalue weighted by Crippen LogP contribution is 2.24. The van der Waals surface area contributed by atoms with Crippen LogP contribution in [-0.2, 0) is 4.79 Å². The molecular weight excluding hydrogens is 290 g/mol. The number of carbonyl (C=O) groups excluding carboxylic acids is 1. The molecule has 1 heterocycles. The Morgan fingerprint density at radius 2 is 2.10 bits per heavy atom. The molecule has 6 nitrogen and oxygen atoms in total. The van der Waals surface area contributed by atoms with Crippen LogP contribution < -0.4 is 5.32 Å². The van der Waals surface area contributed by atoms with Gasteiger partial charge in [-0.1, -0.05) is 23.5 Å². The third kappa shape index (κ3) is 3.75. The highest BCUT2D eigenvalue weighted by molar-refractivity contribution is 7.16. The van der Waals surface area contributed by atoms with Gasteiger partial charge in [-0.25, -0.2) is 0 Å². The second kappa shape index (κ2) is 6.45. The number of nitro groups is 1. The molecule has 7 heteroatoms. The third-order valence-corrected chi connectivity index (χ3v) is 3.50. The standard InChI is InChI=1S/C14H9N3O3S/c15-9-10-3-1-2-4-12(10)16-13(18)7-5-11-6-8-14(21-11)17(19)20/h1-8H,(H,16,18). The fourth-order valence-electron chi connectivity index (χ4n) is 1.55. The molecule has 0 aliphatic carbocycles. The number of nitriles is 1. The van der Waals surface area contributed by atoms with E-state index in [4.69, 9.17) is 5.26 Å². The van der Waals surface area contributed by atoms with Crippen molar-refractivity contribution < 1.29 is 9.72 Å². The molecule has 1 aromatic heterocycles. The molecule has 0 atom stereocenters. The van der Waals surface area contributed by atoms with Crippen LogP contribution in [0.4, 0.5) is 10.7 Å². The van der Waals surface area contributed by atoms with E-state index in [1.165, 1.54) is 18.2 Å². The van der Waals surface area contributed by atoms with Crippen molar-refractivity contribution in [2.45, 2.75) is 0 Å². The van der Waals surface area contributed by atoms with Crippen molar-refractivity contribution in [1.29, 1.82) is 5.26 Å². The van der Waals surface area contributed by atoms with Gasteiger partial charge in [-0.2, -0.15) is 5.26 Å². The van der Waals surface area contributed by atoms with Crippen LogP contribution in [0.3, 0.4) is 0 Å². The maximum atomic E-state index is 11.8. The maximum Gasteiger partial charge on any atom is 0.324 e. The molecule has 0 spiro atoms. The summed E-state index contributed by atoms with van der Waals surface area (Å²) >= 11 is 0.979. The van der Waals surface area contributed by atoms with Gasteiger partial charge in [0.25, 0.3) is 0 Å². The zero-order chi connectivity index (χ0) is 15.2. The summed E-state index contributed by atoms with van der Waals surface area (Å²) in [4.78, 5) is 22.4. The summed E-state index contributed by atoms with van der Waals surface area (Å²) in [5.41, 5.74) is 0.790. The Hall–Kier alpha value is -2.98. The SMILES string of the molecule is N#Cc1ccccc1NC(=O)C=Cc1ccc([N+](=O)[O-])s1. The second-order valence-electron chi connectivity index (χ2n) is 3.91. The average molecular weight is 299 g/mol. The number of rotatable bonds is 4. The summed E-state index contributed by atoms with van der Waals surface area (Å²) in [7, 11) is 0. The lowest BCUT2D eigenvalue weighted by atomic mass is 10.2. The van der Waals surface area contributed by atoms with Crippen molar-refractivity contribution in [2.24, 2.45) is 0 Å². The summed E-state index contributed by atoms with van der Waals surface area (Å²) in [5, 5.41) is 22.1. The van der Waals surface area contributed by atoms with E-state index in [1.54, 1.807) is 30.3 Å². The smallest absolute Gasteiger partial charge is 0.321 e. The fourth-order valence-corrected chi connectivity index (χ4v) is 2.28. The van der Waals surface area contributed by atoms with Crippen molar-refractivity contribution in [3.63, 3.8) is 0 Å². The lowest BCUT2D eigenvalue weighted by Crippen LogP contribution is -2.08. The van der Waals surface area contributed by atoms with E-state index in [2.05, 4.69) is 5.32 Å². The van der Waals surface area contributed by atoms with Gasteiger partial charge in [0.1, 0.15) is 6.07 Å². The Morgan fingerprint density at radius 1 is 1.33 bits per heavy atom. The molecule has 2 rings (SSSR count). The van der Waals surface area contributed by atoms with E-state index in [9.17, 15) is 14.9 Å². The van der Waals surface area contributed by atoms with Crippen molar-refractivity contribution in [1.82, 2.24) is 0 Å². The largest absolute Gasteiger partial charge is 0.324 e. The topological polar surface area (TPSA) is 96.0 Å². The molecule has 104 valence electrons. The quantitative estimate of drug-likeness (QED) is 0.532. The van der Waals surface area contributed by atoms with Gasteiger partial charge in [0.05, 0.1) is 16.2 Å². The van der Waals surface area contributed by atoms with E-state index in [0.717, 1.165) is 11.3 Å². The molecule has 0 aliphatic heterocycles. The van der Waals surface area contributed by atoms with Gasteiger partial charge < -0.3 is 5.32 Å². The predicted octanol–water partition coefficient (Wildman–Crippen LogP) is 3.18. The van der Waals surface area contributed by atoms with Crippen LogP contribution >= 0.6 is 11.3 Å². The minimum absolute atomic E-state index is 0.0184. The first-order chi connectivity index (χ1) is 10.1. The maximum absolute atomic E-state index is 11.8. The highest BCUT2D eigenvalue weighted by atomic mass is 32.1. The fraction of sp³-hybridized carbons (Fsp3) is 0. The first kappa shape index (κ1) is 14.4. The van der Waals surface area contributed by atoms with E-state index >= 15 is 0 Å². The zero-order valence-electron chi connectivity index (χ0n) is 10.6. The number of hydrogen-bond donors (Lipinski definition) is 1. The Labute approximate surface area is 124 Å². The van der Waals surface area contributed by atoms with Crippen molar-refractivity contribution in [2.75, 3.05) is 5.32 Å². The first-order valence-electron chi connectivity index (χ1n) is 5.82. The van der Waals surface area contributed by atoms with Gasteiger partial charge in [-0.05, 0) is 24.3 Å². The molecular formula is C14H9N3O3S. The van der Waals surface area contributed by atoms with Crippen LogP contribution in [0, 0.1) is 21.4 Å². The number of hydrogen-bond acceptors (Lipinski definition) is 5. The Balaban J connectivity index is 2.06. The van der Waals surface area contributed by atoms with E-state index in [0.29, 0.717) is 16.1 Å². The van der Waals surface area contributed by atoms with Crippen LogP contribution in [0.5, 0.6) is 0 Å². The summed E-state index contributed by atoms with van der Waals surface area (Å²) in [6.07, 6.45) is 2.76. The number of anilines is 1. The number of para-hydroxylation sites is 1. The number of amides is 1. The summed E-state index contributed by atoms with van der Waals surface area (Å²) in [6.45, 7) is 0.